The van der Waals surface area contributed by atoms with Gasteiger partial charge in [0, 0.05) is 18.0 Å². The van der Waals surface area contributed by atoms with E-state index < -0.39 is 6.10 Å². The van der Waals surface area contributed by atoms with Gasteiger partial charge in [-0.2, -0.15) is 0 Å². The Kier molecular flexibility index (Phi) is 4.63. The Morgan fingerprint density at radius 2 is 1.70 bits per heavy atom. The van der Waals surface area contributed by atoms with Crippen LogP contribution < -0.4 is 5.73 Å². The molecule has 0 aliphatic carbocycles. The molecule has 2 atom stereocenters. The lowest BCUT2D eigenvalue weighted by molar-refractivity contribution is 0.146. The second-order valence-corrected chi connectivity index (χ2v) is 5.60. The lowest BCUT2D eigenvalue weighted by atomic mass is 9.89. The minimum absolute atomic E-state index is 0.117. The van der Waals surface area contributed by atoms with E-state index in [9.17, 15) is 5.11 Å². The van der Waals surface area contributed by atoms with Crippen molar-refractivity contribution in [1.82, 2.24) is 0 Å². The number of aliphatic hydroxyl groups excluding tert-OH is 1. The predicted molar refractivity (Wildman–Crippen MR) is 80.7 cm³/mol. The van der Waals surface area contributed by atoms with Gasteiger partial charge in [0.05, 0.1) is 12.4 Å². The number of furan rings is 1. The molecule has 0 aliphatic heterocycles. The van der Waals surface area contributed by atoms with Gasteiger partial charge in [0.25, 0.3) is 0 Å². The third kappa shape index (κ3) is 3.11. The van der Waals surface area contributed by atoms with Gasteiger partial charge >= 0.3 is 0 Å². The Hall–Kier alpha value is -1.58. The van der Waals surface area contributed by atoms with Crippen molar-refractivity contribution in [2.45, 2.75) is 38.7 Å². The summed E-state index contributed by atoms with van der Waals surface area (Å²) in [6.45, 7) is 6.59. The maximum absolute atomic E-state index is 10.5. The second kappa shape index (κ2) is 6.25. The largest absolute Gasteiger partial charge is 0.469 e. The molecule has 1 heterocycles. The monoisotopic (exact) mass is 273 g/mol. The Labute approximate surface area is 120 Å². The number of aryl methyl sites for hydroxylation is 1. The lowest BCUT2D eigenvalue weighted by Gasteiger charge is -2.21. The van der Waals surface area contributed by atoms with E-state index in [1.165, 1.54) is 5.56 Å². The van der Waals surface area contributed by atoms with Crippen LogP contribution >= 0.6 is 0 Å². The fourth-order valence-corrected chi connectivity index (χ4v) is 2.43. The van der Waals surface area contributed by atoms with E-state index >= 15 is 0 Å². The van der Waals surface area contributed by atoms with Gasteiger partial charge in [0.2, 0.25) is 0 Å². The first-order valence-corrected chi connectivity index (χ1v) is 7.06. The zero-order valence-electron chi connectivity index (χ0n) is 12.3. The first-order valence-electron chi connectivity index (χ1n) is 7.06. The van der Waals surface area contributed by atoms with E-state index in [4.69, 9.17) is 10.2 Å². The van der Waals surface area contributed by atoms with Crippen LogP contribution in [0, 0.1) is 6.92 Å². The van der Waals surface area contributed by atoms with E-state index in [0.29, 0.717) is 12.5 Å². The molecule has 0 amide bonds. The SMILES string of the molecule is Cc1cc(C(O)C(CN)c2ccc(C(C)C)cc2)co1. The Morgan fingerprint density at radius 1 is 1.10 bits per heavy atom. The van der Waals surface area contributed by atoms with Crippen molar-refractivity contribution in [3.05, 3.63) is 59.0 Å². The summed E-state index contributed by atoms with van der Waals surface area (Å²) >= 11 is 0. The minimum atomic E-state index is -0.637. The van der Waals surface area contributed by atoms with Crippen LogP contribution in [-0.4, -0.2) is 11.7 Å². The quantitative estimate of drug-likeness (QED) is 0.876. The summed E-state index contributed by atoms with van der Waals surface area (Å²) in [5.41, 5.74) is 8.99. The summed E-state index contributed by atoms with van der Waals surface area (Å²) in [7, 11) is 0. The predicted octanol–water partition coefficient (Wildman–Crippen LogP) is 3.49. The number of rotatable bonds is 5. The third-order valence-electron chi connectivity index (χ3n) is 3.76. The van der Waals surface area contributed by atoms with E-state index in [0.717, 1.165) is 16.9 Å². The fourth-order valence-electron chi connectivity index (χ4n) is 2.43. The van der Waals surface area contributed by atoms with E-state index in [2.05, 4.69) is 38.1 Å². The first-order chi connectivity index (χ1) is 9.52. The highest BCUT2D eigenvalue weighted by atomic mass is 16.3. The fraction of sp³-hybridized carbons (Fsp3) is 0.412. The molecule has 1 aromatic carbocycles. The first kappa shape index (κ1) is 14.8. The number of aliphatic hydroxyl groups is 1. The van der Waals surface area contributed by atoms with E-state index in [1.54, 1.807) is 6.26 Å². The average molecular weight is 273 g/mol. The van der Waals surface area contributed by atoms with Crippen LogP contribution in [-0.2, 0) is 0 Å². The highest BCUT2D eigenvalue weighted by molar-refractivity contribution is 5.30. The molecule has 3 N–H and O–H groups in total. The van der Waals surface area contributed by atoms with Crippen LogP contribution in [0.15, 0.2) is 41.0 Å². The smallest absolute Gasteiger partial charge is 0.101 e. The van der Waals surface area contributed by atoms with Gasteiger partial charge in [-0.15, -0.1) is 0 Å². The molecule has 108 valence electrons. The number of nitrogens with two attached hydrogens (primary N) is 1. The summed E-state index contributed by atoms with van der Waals surface area (Å²) in [5.74, 6) is 1.18. The average Bonchev–Trinajstić information content (AvgIpc) is 2.86. The number of hydrogen-bond acceptors (Lipinski definition) is 3. The molecular weight excluding hydrogens is 250 g/mol. The molecule has 0 saturated heterocycles. The summed E-state index contributed by atoms with van der Waals surface area (Å²) < 4.78 is 5.27. The topological polar surface area (TPSA) is 59.4 Å². The Bertz CT molecular complexity index is 542. The van der Waals surface area contributed by atoms with Crippen molar-refractivity contribution < 1.29 is 9.52 Å². The molecule has 0 saturated carbocycles. The van der Waals surface area contributed by atoms with Crippen LogP contribution in [0.1, 0.15) is 54.2 Å². The molecule has 0 aliphatic rings. The van der Waals surface area contributed by atoms with Crippen molar-refractivity contribution in [3.63, 3.8) is 0 Å². The minimum Gasteiger partial charge on any atom is -0.469 e. The molecular formula is C17H23NO2. The van der Waals surface area contributed by atoms with Gasteiger partial charge < -0.3 is 15.3 Å². The molecule has 0 spiro atoms. The highest BCUT2D eigenvalue weighted by Crippen LogP contribution is 2.31. The summed E-state index contributed by atoms with van der Waals surface area (Å²) in [5, 5.41) is 10.5. The van der Waals surface area contributed by atoms with E-state index in [-0.39, 0.29) is 5.92 Å². The maximum Gasteiger partial charge on any atom is 0.101 e. The molecule has 1 aromatic heterocycles. The van der Waals surface area contributed by atoms with E-state index in [1.807, 2.05) is 13.0 Å². The lowest BCUT2D eigenvalue weighted by Crippen LogP contribution is -2.19. The molecule has 2 unspecified atom stereocenters. The van der Waals surface area contributed by atoms with Gasteiger partial charge in [-0.1, -0.05) is 38.1 Å². The number of benzene rings is 1. The molecule has 3 heteroatoms. The molecule has 2 aromatic rings. The van der Waals surface area contributed by atoms with Crippen molar-refractivity contribution in [3.8, 4) is 0 Å². The zero-order valence-corrected chi connectivity index (χ0v) is 12.3. The van der Waals surface area contributed by atoms with Gasteiger partial charge in [-0.05, 0) is 30.0 Å². The summed E-state index contributed by atoms with van der Waals surface area (Å²) in [4.78, 5) is 0. The zero-order chi connectivity index (χ0) is 14.7. The maximum atomic E-state index is 10.5. The molecule has 2 rings (SSSR count). The van der Waals surface area contributed by atoms with Gasteiger partial charge in [-0.3, -0.25) is 0 Å². The van der Waals surface area contributed by atoms with Crippen LogP contribution in [0.4, 0.5) is 0 Å². The van der Waals surface area contributed by atoms with Crippen molar-refractivity contribution in [2.24, 2.45) is 5.73 Å². The Balaban J connectivity index is 2.23. The second-order valence-electron chi connectivity index (χ2n) is 5.60. The molecule has 0 radical (unpaired) electrons. The highest BCUT2D eigenvalue weighted by Gasteiger charge is 2.23. The molecule has 0 bridgehead atoms. The molecule has 3 nitrogen and oxygen atoms in total. The van der Waals surface area contributed by atoms with Crippen LogP contribution in [0.25, 0.3) is 0 Å². The van der Waals surface area contributed by atoms with Crippen LogP contribution in [0.3, 0.4) is 0 Å². The van der Waals surface area contributed by atoms with Crippen LogP contribution in [0.5, 0.6) is 0 Å². The normalized spacial score (nSPS) is 14.5. The van der Waals surface area contributed by atoms with Gasteiger partial charge in [0.1, 0.15) is 5.76 Å². The summed E-state index contributed by atoms with van der Waals surface area (Å²) in [6, 6.07) is 10.2. The standard InChI is InChI=1S/C17H23NO2/c1-11(2)13-4-6-14(7-5-13)16(9-18)17(19)15-8-12(3)20-10-15/h4-8,10-11,16-17,19H,9,18H2,1-3H3. The summed E-state index contributed by atoms with van der Waals surface area (Å²) in [6.07, 6.45) is 0.966. The van der Waals surface area contributed by atoms with Crippen molar-refractivity contribution in [2.75, 3.05) is 6.54 Å². The molecule has 0 fully saturated rings. The van der Waals surface area contributed by atoms with Crippen molar-refractivity contribution in [1.29, 1.82) is 0 Å². The third-order valence-corrected chi connectivity index (χ3v) is 3.76. The van der Waals surface area contributed by atoms with Crippen molar-refractivity contribution >= 4 is 0 Å². The Morgan fingerprint density at radius 3 is 2.15 bits per heavy atom. The molecule has 20 heavy (non-hydrogen) atoms. The van der Waals surface area contributed by atoms with Gasteiger partial charge in [-0.25, -0.2) is 0 Å². The van der Waals surface area contributed by atoms with Gasteiger partial charge in [0.15, 0.2) is 0 Å². The number of hydrogen-bond donors (Lipinski definition) is 2. The van der Waals surface area contributed by atoms with Crippen LogP contribution in [0.2, 0.25) is 0 Å².